The van der Waals surface area contributed by atoms with Crippen molar-refractivity contribution in [2.24, 2.45) is 0 Å². The van der Waals surface area contributed by atoms with Crippen LogP contribution in [-0.4, -0.2) is 159 Å². The number of carbonyl (C=O) groups is 9. The first-order valence-electron chi connectivity index (χ1n) is 39.1. The minimum Gasteiger partial charge on any atom is -0.493 e. The van der Waals surface area contributed by atoms with E-state index in [9.17, 15) is 43.2 Å². The van der Waals surface area contributed by atoms with Gasteiger partial charge in [0.25, 0.3) is 0 Å². The maximum Gasteiger partial charge on any atom is 0.306 e. The van der Waals surface area contributed by atoms with Crippen molar-refractivity contribution in [2.75, 3.05) is 59.5 Å². The van der Waals surface area contributed by atoms with Gasteiger partial charge in [-0.05, 0) is 242 Å². The second-order valence-electron chi connectivity index (χ2n) is 27.5. The highest BCUT2D eigenvalue weighted by molar-refractivity contribution is 6.32. The first-order chi connectivity index (χ1) is 58.1. The number of rotatable bonds is 36. The fourth-order valence-corrected chi connectivity index (χ4v) is 9.98. The third kappa shape index (κ3) is 53.8. The normalized spacial score (nSPS) is 9.78. The minimum atomic E-state index is -0.882. The van der Waals surface area contributed by atoms with Gasteiger partial charge in [-0.25, -0.2) is 0 Å². The van der Waals surface area contributed by atoms with Crippen molar-refractivity contribution in [3.8, 4) is 51.7 Å². The van der Waals surface area contributed by atoms with Gasteiger partial charge in [-0.3, -0.25) is 43.2 Å². The predicted molar refractivity (Wildman–Crippen MR) is 469 cm³/mol. The summed E-state index contributed by atoms with van der Waals surface area (Å²) in [6.07, 6.45) is 0.259. The SMILES string of the molecule is Cc1cc(C)cc(OCCC(=O)O)c1.Cc1ccc(C)c(OCCC(=O)O)c1.Cc1ccc(OCCC(=O)O)c(C)c1.Cc1ccc(OCCC(=O)O)cc1C.Cc1cccc(C)c1OCCC(=O)O.Cc1cccc(OCCC(=O)O)c1.Cc1cccc(OCCC(=O)O)c1C.Cc1ccccc1OCCC(=O)O.O=C(O)CCOc1ccccc1Cl. The van der Waals surface area contributed by atoms with E-state index in [0.29, 0.717) is 10.8 Å². The lowest BCUT2D eigenvalue weighted by molar-refractivity contribution is -0.138. The summed E-state index contributed by atoms with van der Waals surface area (Å²) in [5.74, 6) is -1.02. The molecule has 0 aliphatic carbocycles. The molecule has 9 N–H and O–H groups in total. The average molecular weight is 1730 g/mol. The zero-order valence-corrected chi connectivity index (χ0v) is 73.1. The van der Waals surface area contributed by atoms with Crippen LogP contribution in [-0.2, 0) is 43.2 Å². The molecule has 0 heterocycles. The molecule has 0 spiro atoms. The molecular weight excluding hydrogens is 1610 g/mol. The smallest absolute Gasteiger partial charge is 0.306 e. The van der Waals surface area contributed by atoms with E-state index in [-0.39, 0.29) is 117 Å². The number of hydrogen-bond donors (Lipinski definition) is 9. The van der Waals surface area contributed by atoms with Gasteiger partial charge in [-0.1, -0.05) is 126 Å². The predicted octanol–water partition coefficient (Wildman–Crippen LogP) is 18.8. The van der Waals surface area contributed by atoms with E-state index in [1.165, 1.54) is 11.1 Å². The molecule has 0 unspecified atom stereocenters. The molecule has 27 nitrogen and oxygen atoms in total. The lowest BCUT2D eigenvalue weighted by atomic mass is 10.1. The Kier molecular flexibility index (Phi) is 54.2. The Morgan fingerprint density at radius 3 is 0.984 bits per heavy atom. The lowest BCUT2D eigenvalue weighted by Crippen LogP contribution is -2.06. The van der Waals surface area contributed by atoms with Gasteiger partial charge in [-0.2, -0.15) is 0 Å². The maximum absolute atomic E-state index is 10.3. The molecule has 0 fully saturated rings. The molecule has 0 radical (unpaired) electrons. The Labute approximate surface area is 724 Å². The van der Waals surface area contributed by atoms with Gasteiger partial charge < -0.3 is 88.6 Å². The topological polar surface area (TPSA) is 419 Å². The Bertz CT molecular complexity index is 4630. The van der Waals surface area contributed by atoms with Gasteiger partial charge in [0.1, 0.15) is 51.7 Å². The van der Waals surface area contributed by atoms with Crippen LogP contribution >= 0.6 is 11.6 Å². The van der Waals surface area contributed by atoms with Crippen molar-refractivity contribution >= 4 is 65.3 Å². The number of para-hydroxylation sites is 3. The summed E-state index contributed by atoms with van der Waals surface area (Å²) in [6, 6.07) is 56.9. The van der Waals surface area contributed by atoms with Crippen LogP contribution in [0.25, 0.3) is 0 Å². The van der Waals surface area contributed by atoms with Crippen molar-refractivity contribution < 1.29 is 132 Å². The van der Waals surface area contributed by atoms with Crippen LogP contribution in [0.5, 0.6) is 51.7 Å². The molecular formula is C95H117ClO27. The molecule has 0 aliphatic heterocycles. The summed E-state index contributed by atoms with van der Waals surface area (Å²) in [4.78, 5) is 92.1. The molecule has 123 heavy (non-hydrogen) atoms. The van der Waals surface area contributed by atoms with E-state index < -0.39 is 53.7 Å². The highest BCUT2D eigenvalue weighted by Crippen LogP contribution is 2.27. The zero-order valence-electron chi connectivity index (χ0n) is 72.3. The van der Waals surface area contributed by atoms with Gasteiger partial charge in [-0.15, -0.1) is 0 Å². The van der Waals surface area contributed by atoms with Crippen molar-refractivity contribution in [3.63, 3.8) is 0 Å². The maximum atomic E-state index is 10.3. The third-order valence-electron chi connectivity index (χ3n) is 16.4. The molecule has 9 rings (SSSR count). The largest absolute Gasteiger partial charge is 0.493 e. The number of halogens is 1. The average Bonchev–Trinajstić information content (AvgIpc) is 0.871. The van der Waals surface area contributed by atoms with Gasteiger partial charge in [0.05, 0.1) is 122 Å². The molecule has 0 saturated carbocycles. The minimum absolute atomic E-state index is 0.0226. The van der Waals surface area contributed by atoms with Crippen molar-refractivity contribution in [3.05, 3.63) is 265 Å². The molecule has 0 bridgehead atoms. The van der Waals surface area contributed by atoms with Crippen LogP contribution in [0.2, 0.25) is 5.02 Å². The van der Waals surface area contributed by atoms with E-state index in [2.05, 4.69) is 0 Å². The van der Waals surface area contributed by atoms with Crippen LogP contribution in [0.4, 0.5) is 0 Å². The first-order valence-corrected chi connectivity index (χ1v) is 39.4. The second kappa shape index (κ2) is 61.9. The van der Waals surface area contributed by atoms with E-state index in [4.69, 9.17) is 100 Å². The molecule has 0 aromatic heterocycles. The summed E-state index contributed by atoms with van der Waals surface area (Å²) in [5, 5.41) is 76.2. The van der Waals surface area contributed by atoms with Crippen molar-refractivity contribution in [1.82, 2.24) is 0 Å². The van der Waals surface area contributed by atoms with E-state index in [0.717, 1.165) is 113 Å². The quantitative estimate of drug-likeness (QED) is 0.0176. The number of benzene rings is 9. The Morgan fingerprint density at radius 2 is 0.537 bits per heavy atom. The van der Waals surface area contributed by atoms with Crippen LogP contribution in [0.1, 0.15) is 136 Å². The molecule has 0 aliphatic rings. The highest BCUT2D eigenvalue weighted by Gasteiger charge is 2.10. The fraction of sp³-hybridized carbons (Fsp3) is 0.337. The van der Waals surface area contributed by atoms with Gasteiger partial charge in [0.2, 0.25) is 0 Å². The zero-order chi connectivity index (χ0) is 92.4. The van der Waals surface area contributed by atoms with Crippen LogP contribution in [0.3, 0.4) is 0 Å². The van der Waals surface area contributed by atoms with Gasteiger partial charge in [0, 0.05) is 0 Å². The number of hydrogen-bond acceptors (Lipinski definition) is 18. The molecule has 28 heteroatoms. The van der Waals surface area contributed by atoms with Gasteiger partial charge >= 0.3 is 53.7 Å². The van der Waals surface area contributed by atoms with Crippen molar-refractivity contribution in [2.45, 2.75) is 155 Å². The lowest BCUT2D eigenvalue weighted by Gasteiger charge is -2.10. The summed E-state index contributed by atoms with van der Waals surface area (Å²) in [5.41, 5.74) is 15.4. The van der Waals surface area contributed by atoms with E-state index >= 15 is 0 Å². The third-order valence-corrected chi connectivity index (χ3v) is 16.7. The number of aliphatic carboxylic acids is 9. The Hall–Kier alpha value is -13.3. The van der Waals surface area contributed by atoms with Crippen LogP contribution < -0.4 is 42.6 Å². The van der Waals surface area contributed by atoms with Crippen LogP contribution in [0.15, 0.2) is 182 Å². The number of ether oxygens (including phenoxy) is 9. The number of aryl methyl sites for hydroxylation is 13. The van der Waals surface area contributed by atoms with E-state index in [1.54, 1.807) is 24.3 Å². The molecule has 9 aromatic carbocycles. The molecule has 0 amide bonds. The van der Waals surface area contributed by atoms with Crippen molar-refractivity contribution in [1.29, 1.82) is 0 Å². The second-order valence-corrected chi connectivity index (χ2v) is 27.9. The summed E-state index contributed by atoms with van der Waals surface area (Å²) >= 11 is 5.77. The Morgan fingerprint density at radius 1 is 0.220 bits per heavy atom. The molecule has 0 saturated heterocycles. The number of carboxylic acid groups (broad SMARTS) is 9. The summed E-state index contributed by atoms with van der Waals surface area (Å²) < 4.78 is 47.6. The summed E-state index contributed by atoms with van der Waals surface area (Å²) in [6.45, 7) is 29.5. The standard InChI is InChI=1S/6C11H14O3.2C10H12O3.C9H9ClO3/c1-8-5-9(2)7-10(6-8)14-4-3-11(12)13;1-8-3-4-10(7-9(8)2)14-6-5-11(12)13;1-8-3-4-10(9(2)7-8)14-6-5-11(12)13;1-8-3-4-9(2)10(7-8)14-6-5-11(12)13;1-8-4-3-5-10(9(8)2)14-7-6-11(12)13;1-8-4-3-5-9(2)11(8)14-7-6-10(12)13;1-8-3-2-4-9(7-8)13-6-5-10(11)12;1-8-4-2-3-5-9(8)13-7-6-10(11)12;10-7-3-1-2-4-8(7)13-6-5-9(11)12/h5-7H,3-4H2,1-2H3,(H,12,13);3*3-4,7H,5-6H2,1-2H3,(H,12,13);2*3-5H,6-7H2,1-2H3,(H,12,13);2-4,7H,5-6H2,1H3,(H,11,12);2-5H,6-7H2,1H3,(H,11,12);1-4H,5-6H2,(H,11,12). The molecule has 9 aromatic rings. The van der Waals surface area contributed by atoms with E-state index in [1.807, 2.05) is 255 Å². The molecule has 666 valence electrons. The summed E-state index contributed by atoms with van der Waals surface area (Å²) in [7, 11) is 0. The van der Waals surface area contributed by atoms with Crippen LogP contribution in [0, 0.1) is 96.9 Å². The monoisotopic (exact) mass is 1720 g/mol. The fourth-order valence-electron chi connectivity index (χ4n) is 9.79. The Balaban J connectivity index is 0.000000692. The molecule has 0 atom stereocenters. The number of carboxylic acids is 9. The first kappa shape index (κ1) is 108. The van der Waals surface area contributed by atoms with Gasteiger partial charge in [0.15, 0.2) is 0 Å². The highest BCUT2D eigenvalue weighted by atomic mass is 35.5.